The number of rotatable bonds is 6. The lowest BCUT2D eigenvalue weighted by molar-refractivity contribution is 0.319. The van der Waals surface area contributed by atoms with Crippen molar-refractivity contribution < 1.29 is 0 Å². The maximum Gasteiger partial charge on any atom is 0.0797 e. The minimum Gasteiger partial charge on any atom is -0.300 e. The Labute approximate surface area is 112 Å². The molecular weight excluding hydrogens is 244 g/mol. The molecule has 2 aromatic heterocycles. The zero-order valence-electron chi connectivity index (χ0n) is 11.3. The molecule has 0 amide bonds. The Hall–Kier alpha value is -1.20. The van der Waals surface area contributed by atoms with Crippen LogP contribution in [-0.4, -0.2) is 33.3 Å². The summed E-state index contributed by atoms with van der Waals surface area (Å²) in [5.74, 6) is 0. The van der Waals surface area contributed by atoms with Crippen molar-refractivity contribution in [2.75, 3.05) is 13.6 Å². The molecule has 0 aliphatic rings. The molecule has 0 aliphatic heterocycles. The quantitative estimate of drug-likeness (QED) is 0.803. The Bertz CT molecular complexity index is 489. The van der Waals surface area contributed by atoms with E-state index in [2.05, 4.69) is 46.6 Å². The van der Waals surface area contributed by atoms with Crippen LogP contribution in [0.15, 0.2) is 17.8 Å². The standard InChI is InChI=1S/C13H20N4S/c1-4-17-12(5-7-15-17)9-16(3)8-6-13-11(2)14-10-18-13/h5,7,10H,4,6,8-9H2,1-3H3. The molecule has 0 spiro atoms. The number of thiazole rings is 1. The van der Waals surface area contributed by atoms with E-state index in [1.54, 1.807) is 11.3 Å². The van der Waals surface area contributed by atoms with Crippen LogP contribution in [-0.2, 0) is 19.5 Å². The van der Waals surface area contributed by atoms with Gasteiger partial charge < -0.3 is 4.90 Å². The van der Waals surface area contributed by atoms with Gasteiger partial charge in [0.15, 0.2) is 0 Å². The largest absolute Gasteiger partial charge is 0.300 e. The Morgan fingerprint density at radius 1 is 1.44 bits per heavy atom. The van der Waals surface area contributed by atoms with Crippen molar-refractivity contribution in [2.24, 2.45) is 0 Å². The average Bonchev–Trinajstić information content (AvgIpc) is 2.95. The molecule has 2 heterocycles. The second-order valence-electron chi connectivity index (χ2n) is 4.49. The van der Waals surface area contributed by atoms with Gasteiger partial charge in [-0.05, 0) is 33.4 Å². The minimum atomic E-state index is 0.935. The third-order valence-corrected chi connectivity index (χ3v) is 4.10. The molecule has 4 nitrogen and oxygen atoms in total. The van der Waals surface area contributed by atoms with E-state index in [1.165, 1.54) is 16.3 Å². The van der Waals surface area contributed by atoms with Gasteiger partial charge in [-0.2, -0.15) is 5.10 Å². The van der Waals surface area contributed by atoms with E-state index in [1.807, 2.05) is 11.7 Å². The normalized spacial score (nSPS) is 11.3. The van der Waals surface area contributed by atoms with Gasteiger partial charge in [-0.15, -0.1) is 11.3 Å². The molecule has 98 valence electrons. The van der Waals surface area contributed by atoms with Crippen molar-refractivity contribution in [3.05, 3.63) is 34.0 Å². The molecule has 0 saturated heterocycles. The highest BCUT2D eigenvalue weighted by Gasteiger charge is 2.07. The first-order valence-electron chi connectivity index (χ1n) is 6.29. The summed E-state index contributed by atoms with van der Waals surface area (Å²) in [6.07, 6.45) is 2.95. The highest BCUT2D eigenvalue weighted by Crippen LogP contribution is 2.13. The predicted molar refractivity (Wildman–Crippen MR) is 74.8 cm³/mol. The van der Waals surface area contributed by atoms with E-state index >= 15 is 0 Å². The topological polar surface area (TPSA) is 34.0 Å². The number of hydrogen-bond donors (Lipinski definition) is 0. The molecule has 0 atom stereocenters. The van der Waals surface area contributed by atoms with Gasteiger partial charge in [0.1, 0.15) is 0 Å². The molecule has 2 aromatic rings. The van der Waals surface area contributed by atoms with Crippen LogP contribution in [0.4, 0.5) is 0 Å². The summed E-state index contributed by atoms with van der Waals surface area (Å²) in [4.78, 5) is 8.01. The van der Waals surface area contributed by atoms with Crippen molar-refractivity contribution in [3.8, 4) is 0 Å². The van der Waals surface area contributed by atoms with Gasteiger partial charge in [-0.3, -0.25) is 4.68 Å². The lowest BCUT2D eigenvalue weighted by atomic mass is 10.3. The molecule has 5 heteroatoms. The van der Waals surface area contributed by atoms with Gasteiger partial charge >= 0.3 is 0 Å². The molecule has 0 unspecified atom stereocenters. The van der Waals surface area contributed by atoms with E-state index in [4.69, 9.17) is 0 Å². The maximum atomic E-state index is 4.29. The number of likely N-dealkylation sites (N-methyl/N-ethyl adjacent to an activating group) is 1. The van der Waals surface area contributed by atoms with E-state index in [9.17, 15) is 0 Å². The Morgan fingerprint density at radius 3 is 2.94 bits per heavy atom. The van der Waals surface area contributed by atoms with E-state index in [0.717, 1.165) is 26.1 Å². The van der Waals surface area contributed by atoms with Gasteiger partial charge in [-0.25, -0.2) is 4.98 Å². The number of aryl methyl sites for hydroxylation is 2. The predicted octanol–water partition coefficient (Wildman–Crippen LogP) is 2.34. The molecule has 0 radical (unpaired) electrons. The number of nitrogens with zero attached hydrogens (tertiary/aromatic N) is 4. The van der Waals surface area contributed by atoms with Gasteiger partial charge in [0.2, 0.25) is 0 Å². The fourth-order valence-electron chi connectivity index (χ4n) is 1.99. The third kappa shape index (κ3) is 3.17. The van der Waals surface area contributed by atoms with Crippen LogP contribution in [0.5, 0.6) is 0 Å². The summed E-state index contributed by atoms with van der Waals surface area (Å²) in [6.45, 7) is 7.14. The summed E-state index contributed by atoms with van der Waals surface area (Å²) in [6, 6.07) is 2.10. The number of hydrogen-bond acceptors (Lipinski definition) is 4. The van der Waals surface area contributed by atoms with Crippen LogP contribution >= 0.6 is 11.3 Å². The van der Waals surface area contributed by atoms with Crippen LogP contribution in [0.1, 0.15) is 23.2 Å². The van der Waals surface area contributed by atoms with Crippen LogP contribution in [0.25, 0.3) is 0 Å². The molecule has 0 aliphatic carbocycles. The first-order chi connectivity index (χ1) is 8.70. The summed E-state index contributed by atoms with van der Waals surface area (Å²) in [5.41, 5.74) is 4.38. The Morgan fingerprint density at radius 2 is 2.28 bits per heavy atom. The van der Waals surface area contributed by atoms with Gasteiger partial charge in [-0.1, -0.05) is 0 Å². The van der Waals surface area contributed by atoms with Crippen LogP contribution < -0.4 is 0 Å². The lowest BCUT2D eigenvalue weighted by Gasteiger charge is -2.16. The second kappa shape index (κ2) is 6.11. The Balaban J connectivity index is 1.86. The van der Waals surface area contributed by atoms with Gasteiger partial charge in [0.25, 0.3) is 0 Å². The van der Waals surface area contributed by atoms with Crippen molar-refractivity contribution in [1.29, 1.82) is 0 Å². The highest BCUT2D eigenvalue weighted by molar-refractivity contribution is 7.09. The second-order valence-corrected chi connectivity index (χ2v) is 5.43. The van der Waals surface area contributed by atoms with Crippen molar-refractivity contribution in [1.82, 2.24) is 19.7 Å². The lowest BCUT2D eigenvalue weighted by Crippen LogP contribution is -2.22. The molecule has 0 saturated carbocycles. The highest BCUT2D eigenvalue weighted by atomic mass is 32.1. The smallest absolute Gasteiger partial charge is 0.0797 e. The summed E-state index contributed by atoms with van der Waals surface area (Å²) in [5, 5.41) is 4.29. The molecule has 0 fully saturated rings. The minimum absolute atomic E-state index is 0.935. The summed E-state index contributed by atoms with van der Waals surface area (Å²) >= 11 is 1.75. The van der Waals surface area contributed by atoms with Crippen LogP contribution in [0.2, 0.25) is 0 Å². The average molecular weight is 264 g/mol. The van der Waals surface area contributed by atoms with E-state index in [0.29, 0.717) is 0 Å². The fourth-order valence-corrected chi connectivity index (χ4v) is 2.76. The van der Waals surface area contributed by atoms with Gasteiger partial charge in [0, 0.05) is 30.7 Å². The number of aromatic nitrogens is 3. The maximum absolute atomic E-state index is 4.29. The van der Waals surface area contributed by atoms with Gasteiger partial charge in [0.05, 0.1) is 16.9 Å². The first-order valence-corrected chi connectivity index (χ1v) is 7.17. The monoisotopic (exact) mass is 264 g/mol. The van der Waals surface area contributed by atoms with Crippen molar-refractivity contribution >= 4 is 11.3 Å². The molecular formula is C13H20N4S. The molecule has 18 heavy (non-hydrogen) atoms. The SMILES string of the molecule is CCn1nccc1CN(C)CCc1scnc1C. The van der Waals surface area contributed by atoms with Crippen molar-refractivity contribution in [3.63, 3.8) is 0 Å². The zero-order chi connectivity index (χ0) is 13.0. The Kier molecular flexibility index (Phi) is 4.49. The van der Waals surface area contributed by atoms with E-state index in [-0.39, 0.29) is 0 Å². The van der Waals surface area contributed by atoms with Crippen LogP contribution in [0, 0.1) is 6.92 Å². The molecule has 2 rings (SSSR count). The molecule has 0 N–H and O–H groups in total. The van der Waals surface area contributed by atoms with E-state index < -0.39 is 0 Å². The summed E-state index contributed by atoms with van der Waals surface area (Å²) in [7, 11) is 2.16. The third-order valence-electron chi connectivity index (χ3n) is 3.10. The van der Waals surface area contributed by atoms with Crippen molar-refractivity contribution in [2.45, 2.75) is 33.4 Å². The summed E-state index contributed by atoms with van der Waals surface area (Å²) < 4.78 is 2.05. The van der Waals surface area contributed by atoms with Crippen LogP contribution in [0.3, 0.4) is 0 Å². The molecule has 0 aromatic carbocycles. The first kappa shape index (κ1) is 13.2. The fraction of sp³-hybridized carbons (Fsp3) is 0.538. The zero-order valence-corrected chi connectivity index (χ0v) is 12.1. The molecule has 0 bridgehead atoms.